The molecule has 0 unspecified atom stereocenters. The van der Waals surface area contributed by atoms with E-state index < -0.39 is 0 Å². The lowest BCUT2D eigenvalue weighted by atomic mass is 10.1. The predicted octanol–water partition coefficient (Wildman–Crippen LogP) is 3.97. The molecule has 0 saturated heterocycles. The van der Waals surface area contributed by atoms with Gasteiger partial charge in [0.15, 0.2) is 4.80 Å². The number of thioether (sulfide) groups is 1. The third-order valence-corrected chi connectivity index (χ3v) is 5.95. The summed E-state index contributed by atoms with van der Waals surface area (Å²) in [6, 6.07) is 13.8. The summed E-state index contributed by atoms with van der Waals surface area (Å²) >= 11 is 3.07. The van der Waals surface area contributed by atoms with E-state index >= 15 is 0 Å². The van der Waals surface area contributed by atoms with Crippen LogP contribution in [0, 0.1) is 6.92 Å². The van der Waals surface area contributed by atoms with Crippen LogP contribution in [0.5, 0.6) is 0 Å². The molecular formula is C21H22N2O3S2. The van der Waals surface area contributed by atoms with E-state index in [1.54, 1.807) is 23.3 Å². The number of ether oxygens (including phenoxy) is 1. The van der Waals surface area contributed by atoms with Crippen molar-refractivity contribution >= 4 is 45.2 Å². The highest BCUT2D eigenvalue weighted by Crippen LogP contribution is 2.19. The van der Waals surface area contributed by atoms with Gasteiger partial charge in [-0.2, -0.15) is 4.99 Å². The van der Waals surface area contributed by atoms with Crippen molar-refractivity contribution in [2.45, 2.75) is 31.7 Å². The first-order chi connectivity index (χ1) is 13.5. The fourth-order valence-corrected chi connectivity index (χ4v) is 4.37. The summed E-state index contributed by atoms with van der Waals surface area (Å²) in [7, 11) is 0. The second-order valence-corrected chi connectivity index (χ2v) is 8.17. The van der Waals surface area contributed by atoms with Crippen molar-refractivity contribution in [1.29, 1.82) is 0 Å². The molecule has 0 aliphatic heterocycles. The standard InChI is InChI=1S/C21H22N2O3S2/c1-4-26-20(25)13-23-17-10-5-14(2)11-18(17)28-21(23)22-19(24)12-15-6-8-16(27-3)9-7-15/h5-11H,4,12-13H2,1-3H3. The van der Waals surface area contributed by atoms with Crippen molar-refractivity contribution in [3.05, 3.63) is 58.4 Å². The van der Waals surface area contributed by atoms with Gasteiger partial charge >= 0.3 is 5.97 Å². The number of hydrogen-bond acceptors (Lipinski definition) is 5. The lowest BCUT2D eigenvalue weighted by Gasteiger charge is -2.05. The Kier molecular flexibility index (Phi) is 6.70. The number of amides is 1. The van der Waals surface area contributed by atoms with Gasteiger partial charge in [0.2, 0.25) is 0 Å². The van der Waals surface area contributed by atoms with Crippen LogP contribution < -0.4 is 4.80 Å². The highest BCUT2D eigenvalue weighted by molar-refractivity contribution is 7.98. The van der Waals surface area contributed by atoms with Crippen molar-refractivity contribution < 1.29 is 14.3 Å². The van der Waals surface area contributed by atoms with Gasteiger partial charge in [0.1, 0.15) is 6.54 Å². The maximum absolute atomic E-state index is 12.5. The maximum Gasteiger partial charge on any atom is 0.326 e. The van der Waals surface area contributed by atoms with Crippen LogP contribution in [0.1, 0.15) is 18.1 Å². The van der Waals surface area contributed by atoms with Crippen molar-refractivity contribution in [2.75, 3.05) is 12.9 Å². The summed E-state index contributed by atoms with van der Waals surface area (Å²) in [5.74, 6) is -0.581. The molecule has 0 aliphatic carbocycles. The smallest absolute Gasteiger partial charge is 0.326 e. The molecule has 1 heterocycles. The van der Waals surface area contributed by atoms with E-state index in [1.807, 2.05) is 55.6 Å². The number of fused-ring (bicyclic) bond motifs is 1. The van der Waals surface area contributed by atoms with Crippen molar-refractivity contribution in [1.82, 2.24) is 4.57 Å². The average Bonchev–Trinajstić information content (AvgIpc) is 2.98. The molecule has 0 N–H and O–H groups in total. The Morgan fingerprint density at radius 3 is 2.61 bits per heavy atom. The Bertz CT molecular complexity index is 1070. The monoisotopic (exact) mass is 414 g/mol. The maximum atomic E-state index is 12.5. The number of carbonyl (C=O) groups is 2. The molecule has 3 aromatic rings. The molecule has 0 bridgehead atoms. The Labute approximate surface area is 172 Å². The minimum absolute atomic E-state index is 0.0332. The van der Waals surface area contributed by atoms with Crippen molar-refractivity contribution in [3.8, 4) is 0 Å². The fraction of sp³-hybridized carbons (Fsp3) is 0.286. The van der Waals surface area contributed by atoms with Crippen LogP contribution in [0.3, 0.4) is 0 Å². The number of aryl methyl sites for hydroxylation is 1. The Morgan fingerprint density at radius 2 is 1.93 bits per heavy atom. The highest BCUT2D eigenvalue weighted by atomic mass is 32.2. The van der Waals surface area contributed by atoms with Gasteiger partial charge in [-0.3, -0.25) is 9.59 Å². The van der Waals surface area contributed by atoms with E-state index in [0.29, 0.717) is 11.4 Å². The van der Waals surface area contributed by atoms with E-state index in [4.69, 9.17) is 4.74 Å². The molecule has 0 spiro atoms. The van der Waals surface area contributed by atoms with Gasteiger partial charge in [-0.25, -0.2) is 0 Å². The normalized spacial score (nSPS) is 11.8. The van der Waals surface area contributed by atoms with Gasteiger partial charge in [-0.1, -0.05) is 29.5 Å². The molecule has 0 aliphatic rings. The van der Waals surface area contributed by atoms with Crippen LogP contribution in [-0.2, 0) is 27.3 Å². The molecule has 28 heavy (non-hydrogen) atoms. The molecule has 1 aromatic heterocycles. The zero-order chi connectivity index (χ0) is 20.1. The average molecular weight is 415 g/mol. The molecule has 0 atom stereocenters. The number of carbonyl (C=O) groups excluding carboxylic acids is 2. The SMILES string of the molecule is CCOC(=O)Cn1c(=NC(=O)Cc2ccc(SC)cc2)sc2cc(C)ccc21. The predicted molar refractivity (Wildman–Crippen MR) is 114 cm³/mol. The van der Waals surface area contributed by atoms with Crippen LogP contribution in [0.2, 0.25) is 0 Å². The number of aromatic nitrogens is 1. The largest absolute Gasteiger partial charge is 0.465 e. The highest BCUT2D eigenvalue weighted by Gasteiger charge is 2.12. The van der Waals surface area contributed by atoms with Crippen molar-refractivity contribution in [2.24, 2.45) is 4.99 Å². The quantitative estimate of drug-likeness (QED) is 0.452. The van der Waals surface area contributed by atoms with Crippen LogP contribution in [0.15, 0.2) is 52.4 Å². The first-order valence-electron chi connectivity index (χ1n) is 8.96. The van der Waals surface area contributed by atoms with Gasteiger partial charge in [-0.05, 0) is 55.5 Å². The van der Waals surface area contributed by atoms with E-state index in [-0.39, 0.29) is 24.8 Å². The summed E-state index contributed by atoms with van der Waals surface area (Å²) in [5.41, 5.74) is 2.91. The van der Waals surface area contributed by atoms with Gasteiger partial charge in [-0.15, -0.1) is 11.8 Å². The van der Waals surface area contributed by atoms with Gasteiger partial charge in [0.25, 0.3) is 5.91 Å². The van der Waals surface area contributed by atoms with Gasteiger partial charge < -0.3 is 9.30 Å². The lowest BCUT2D eigenvalue weighted by molar-refractivity contribution is -0.143. The van der Waals surface area contributed by atoms with Crippen LogP contribution in [-0.4, -0.2) is 29.3 Å². The zero-order valence-corrected chi connectivity index (χ0v) is 17.7. The minimum atomic E-state index is -0.343. The number of nitrogens with zero attached hydrogens (tertiary/aromatic N) is 2. The number of rotatable bonds is 6. The molecule has 3 rings (SSSR count). The number of benzene rings is 2. The molecule has 146 valence electrons. The summed E-state index contributed by atoms with van der Waals surface area (Å²) in [5, 5.41) is 0. The fourth-order valence-electron chi connectivity index (χ4n) is 2.82. The minimum Gasteiger partial charge on any atom is -0.465 e. The first kappa shape index (κ1) is 20.4. The molecule has 0 saturated carbocycles. The first-order valence-corrected chi connectivity index (χ1v) is 11.0. The van der Waals surface area contributed by atoms with E-state index in [1.165, 1.54) is 11.3 Å². The van der Waals surface area contributed by atoms with E-state index in [9.17, 15) is 9.59 Å². The Balaban J connectivity index is 1.94. The molecule has 0 fully saturated rings. The molecular weight excluding hydrogens is 392 g/mol. The van der Waals surface area contributed by atoms with Crippen LogP contribution in [0.4, 0.5) is 0 Å². The zero-order valence-electron chi connectivity index (χ0n) is 16.1. The second-order valence-electron chi connectivity index (χ2n) is 6.28. The summed E-state index contributed by atoms with van der Waals surface area (Å²) in [6.45, 7) is 4.13. The Morgan fingerprint density at radius 1 is 1.18 bits per heavy atom. The third-order valence-electron chi connectivity index (χ3n) is 4.17. The molecule has 5 nitrogen and oxygen atoms in total. The third kappa shape index (κ3) is 4.91. The van der Waals surface area contributed by atoms with Crippen molar-refractivity contribution in [3.63, 3.8) is 0 Å². The summed E-state index contributed by atoms with van der Waals surface area (Å²) in [6.07, 6.45) is 2.24. The second kappa shape index (κ2) is 9.21. The van der Waals surface area contributed by atoms with Gasteiger partial charge in [0.05, 0.1) is 23.2 Å². The van der Waals surface area contributed by atoms with Crippen LogP contribution >= 0.6 is 23.1 Å². The molecule has 2 aromatic carbocycles. The van der Waals surface area contributed by atoms with E-state index in [0.717, 1.165) is 26.2 Å². The topological polar surface area (TPSA) is 60.7 Å². The van der Waals surface area contributed by atoms with Gasteiger partial charge in [0, 0.05) is 4.90 Å². The lowest BCUT2D eigenvalue weighted by Crippen LogP contribution is -2.23. The Hall–Kier alpha value is -2.38. The molecule has 0 radical (unpaired) electrons. The van der Waals surface area contributed by atoms with E-state index in [2.05, 4.69) is 4.99 Å². The summed E-state index contributed by atoms with van der Waals surface area (Å²) < 4.78 is 7.82. The summed E-state index contributed by atoms with van der Waals surface area (Å²) in [4.78, 5) is 30.6. The number of hydrogen-bond donors (Lipinski definition) is 0. The number of esters is 1. The molecule has 1 amide bonds. The molecule has 7 heteroatoms. The van der Waals surface area contributed by atoms with Crippen LogP contribution in [0.25, 0.3) is 10.2 Å². The number of thiazole rings is 1.